The summed E-state index contributed by atoms with van der Waals surface area (Å²) in [5.41, 5.74) is 0. The molecule has 0 spiro atoms. The number of unbranched alkanes of at least 4 members (excludes halogenated alkanes) is 40. The summed E-state index contributed by atoms with van der Waals surface area (Å²) in [7, 11) is 0. The van der Waals surface area contributed by atoms with Crippen LogP contribution >= 0.6 is 0 Å². The van der Waals surface area contributed by atoms with Gasteiger partial charge in [-0.05, 0) is 44.9 Å². The topological polar surface area (TPSA) is 149 Å². The number of hydrogen-bond donors (Lipinski definition) is 6. The van der Waals surface area contributed by atoms with Gasteiger partial charge in [-0.15, -0.1) is 0 Å². The third kappa shape index (κ3) is 41.6. The molecule has 6 N–H and O–H groups in total. The first-order valence-corrected chi connectivity index (χ1v) is 31.2. The number of ether oxygens (including phenoxy) is 2. The number of carbonyl (C=O) groups is 1. The fourth-order valence-electron chi connectivity index (χ4n) is 10.0. The Balaban J connectivity index is 2.22. The smallest absolute Gasteiger partial charge is 0.220 e. The molecule has 72 heavy (non-hydrogen) atoms. The van der Waals surface area contributed by atoms with Gasteiger partial charge in [0, 0.05) is 6.42 Å². The van der Waals surface area contributed by atoms with Gasteiger partial charge in [0.2, 0.25) is 5.91 Å². The van der Waals surface area contributed by atoms with Gasteiger partial charge in [-0.1, -0.05) is 288 Å². The van der Waals surface area contributed by atoms with Gasteiger partial charge in [0.25, 0.3) is 0 Å². The Hall–Kier alpha value is -1.59. The molecule has 0 saturated carbocycles. The van der Waals surface area contributed by atoms with Crippen molar-refractivity contribution in [2.45, 2.75) is 346 Å². The maximum Gasteiger partial charge on any atom is 0.220 e. The van der Waals surface area contributed by atoms with Crippen molar-refractivity contribution in [3.05, 3.63) is 36.5 Å². The fourth-order valence-corrected chi connectivity index (χ4v) is 10.0. The van der Waals surface area contributed by atoms with Crippen LogP contribution in [0.1, 0.15) is 303 Å². The first-order chi connectivity index (χ1) is 35.3. The minimum absolute atomic E-state index is 0.185. The average molecular weight is 1020 g/mol. The fraction of sp³-hybridized carbons (Fsp3) is 0.889. The highest BCUT2D eigenvalue weighted by Crippen LogP contribution is 2.23. The molecule has 7 atom stereocenters. The number of amides is 1. The van der Waals surface area contributed by atoms with Crippen LogP contribution in [-0.2, 0) is 14.3 Å². The highest BCUT2D eigenvalue weighted by Gasteiger charge is 2.44. The zero-order chi connectivity index (χ0) is 52.2. The van der Waals surface area contributed by atoms with Gasteiger partial charge >= 0.3 is 0 Å². The Morgan fingerprint density at radius 1 is 0.458 bits per heavy atom. The van der Waals surface area contributed by atoms with Crippen molar-refractivity contribution < 1.29 is 39.8 Å². The van der Waals surface area contributed by atoms with Gasteiger partial charge in [-0.2, -0.15) is 0 Å². The number of allylic oxidation sites excluding steroid dienone is 5. The molecule has 1 saturated heterocycles. The van der Waals surface area contributed by atoms with E-state index in [1.165, 1.54) is 238 Å². The van der Waals surface area contributed by atoms with Gasteiger partial charge < -0.3 is 40.3 Å². The van der Waals surface area contributed by atoms with Gasteiger partial charge in [0.1, 0.15) is 24.4 Å². The van der Waals surface area contributed by atoms with Crippen molar-refractivity contribution in [2.75, 3.05) is 13.2 Å². The van der Waals surface area contributed by atoms with Gasteiger partial charge in [-0.25, -0.2) is 0 Å². The maximum absolute atomic E-state index is 13.1. The quantitative estimate of drug-likeness (QED) is 0.0261. The highest BCUT2D eigenvalue weighted by atomic mass is 16.7. The molecular formula is C63H119NO8. The van der Waals surface area contributed by atoms with Gasteiger partial charge in [-0.3, -0.25) is 4.79 Å². The molecule has 9 heteroatoms. The van der Waals surface area contributed by atoms with Crippen LogP contribution in [0.3, 0.4) is 0 Å². The molecule has 1 aliphatic rings. The van der Waals surface area contributed by atoms with Crippen molar-refractivity contribution in [1.29, 1.82) is 0 Å². The zero-order valence-electron chi connectivity index (χ0n) is 47.2. The first-order valence-electron chi connectivity index (χ1n) is 31.2. The maximum atomic E-state index is 13.1. The third-order valence-corrected chi connectivity index (χ3v) is 14.9. The lowest BCUT2D eigenvalue weighted by atomic mass is 9.99. The van der Waals surface area contributed by atoms with Crippen LogP contribution < -0.4 is 5.32 Å². The van der Waals surface area contributed by atoms with Crippen LogP contribution in [0.2, 0.25) is 0 Å². The van der Waals surface area contributed by atoms with E-state index in [0.29, 0.717) is 6.42 Å². The van der Waals surface area contributed by atoms with E-state index in [-0.39, 0.29) is 12.5 Å². The molecule has 1 amide bonds. The third-order valence-electron chi connectivity index (χ3n) is 14.9. The summed E-state index contributed by atoms with van der Waals surface area (Å²) in [5, 5.41) is 54.6. The van der Waals surface area contributed by atoms with Crippen molar-refractivity contribution in [3.8, 4) is 0 Å². The average Bonchev–Trinajstić information content (AvgIpc) is 3.38. The van der Waals surface area contributed by atoms with E-state index in [4.69, 9.17) is 9.47 Å². The van der Waals surface area contributed by atoms with Crippen molar-refractivity contribution >= 4 is 5.91 Å². The zero-order valence-corrected chi connectivity index (χ0v) is 47.2. The monoisotopic (exact) mass is 1020 g/mol. The van der Waals surface area contributed by atoms with E-state index in [1.54, 1.807) is 6.08 Å². The normalized spacial score (nSPS) is 19.3. The molecule has 0 radical (unpaired) electrons. The molecule has 0 aromatic rings. The van der Waals surface area contributed by atoms with E-state index in [9.17, 15) is 30.3 Å². The van der Waals surface area contributed by atoms with E-state index in [0.717, 1.165) is 44.9 Å². The van der Waals surface area contributed by atoms with Crippen LogP contribution in [0.15, 0.2) is 36.5 Å². The van der Waals surface area contributed by atoms with Crippen LogP contribution in [0.5, 0.6) is 0 Å². The summed E-state index contributed by atoms with van der Waals surface area (Å²) in [4.78, 5) is 13.1. The second-order valence-corrected chi connectivity index (χ2v) is 21.8. The Morgan fingerprint density at radius 3 is 1.17 bits per heavy atom. The molecule has 424 valence electrons. The molecule has 0 aromatic heterocycles. The van der Waals surface area contributed by atoms with E-state index in [2.05, 4.69) is 43.5 Å². The summed E-state index contributed by atoms with van der Waals surface area (Å²) in [5.74, 6) is -0.185. The SMILES string of the molecule is CCCCCCCCCCCCCCCCCC/C=C/CC/C=C/CC/C=C/C(O)C(COC1OC(CO)C(O)C(O)C1O)NC(=O)CCCCCCCCCCCCCCCCCCCCCCCCC. The Bertz CT molecular complexity index is 1230. The van der Waals surface area contributed by atoms with Crippen LogP contribution in [0.25, 0.3) is 0 Å². The Kier molecular flexibility index (Phi) is 50.2. The molecule has 1 rings (SSSR count). The first kappa shape index (κ1) is 68.4. The summed E-state index contributed by atoms with van der Waals surface area (Å²) in [6, 6.07) is -0.827. The molecule has 9 nitrogen and oxygen atoms in total. The van der Waals surface area contributed by atoms with E-state index >= 15 is 0 Å². The lowest BCUT2D eigenvalue weighted by molar-refractivity contribution is -0.302. The van der Waals surface area contributed by atoms with Crippen molar-refractivity contribution in [1.82, 2.24) is 5.32 Å². The minimum Gasteiger partial charge on any atom is -0.394 e. The number of nitrogens with one attached hydrogen (secondary N) is 1. The molecular weight excluding hydrogens is 899 g/mol. The molecule has 1 aliphatic heterocycles. The minimum atomic E-state index is -1.57. The van der Waals surface area contributed by atoms with Crippen LogP contribution in [0.4, 0.5) is 0 Å². The highest BCUT2D eigenvalue weighted by molar-refractivity contribution is 5.76. The van der Waals surface area contributed by atoms with Crippen molar-refractivity contribution in [2.24, 2.45) is 0 Å². The molecule has 1 heterocycles. The Morgan fingerprint density at radius 2 is 0.792 bits per heavy atom. The predicted molar refractivity (Wildman–Crippen MR) is 304 cm³/mol. The lowest BCUT2D eigenvalue weighted by Gasteiger charge is -2.40. The second-order valence-electron chi connectivity index (χ2n) is 21.8. The van der Waals surface area contributed by atoms with Gasteiger partial charge in [0.05, 0.1) is 25.4 Å². The summed E-state index contributed by atoms with van der Waals surface area (Å²) in [6.45, 7) is 3.80. The number of hydrogen-bond acceptors (Lipinski definition) is 8. The number of aliphatic hydroxyl groups excluding tert-OH is 5. The largest absolute Gasteiger partial charge is 0.394 e. The summed E-state index contributed by atoms with van der Waals surface area (Å²) >= 11 is 0. The number of rotatable bonds is 54. The molecule has 0 bridgehead atoms. The van der Waals surface area contributed by atoms with E-state index in [1.807, 2.05) is 6.08 Å². The van der Waals surface area contributed by atoms with Gasteiger partial charge in [0.15, 0.2) is 6.29 Å². The predicted octanol–water partition coefficient (Wildman–Crippen LogP) is 15.9. The van der Waals surface area contributed by atoms with Crippen LogP contribution in [-0.4, -0.2) is 87.5 Å². The number of aliphatic hydroxyl groups is 5. The molecule has 0 aliphatic carbocycles. The lowest BCUT2D eigenvalue weighted by Crippen LogP contribution is -2.60. The molecule has 7 unspecified atom stereocenters. The van der Waals surface area contributed by atoms with Crippen molar-refractivity contribution in [3.63, 3.8) is 0 Å². The summed E-state index contributed by atoms with van der Waals surface area (Å²) < 4.78 is 11.3. The summed E-state index contributed by atoms with van der Waals surface area (Å²) in [6.07, 6.45) is 62.3. The van der Waals surface area contributed by atoms with Crippen LogP contribution in [0, 0.1) is 0 Å². The second kappa shape index (κ2) is 52.8. The number of carbonyl (C=O) groups excluding carboxylic acids is 1. The van der Waals surface area contributed by atoms with E-state index < -0.39 is 49.5 Å². The molecule has 1 fully saturated rings. The standard InChI is InChI=1S/C63H119NO8/c1-3-5-7-9-11-13-15-17-19-21-23-25-27-28-29-31-32-34-36-38-40-42-44-46-48-50-52-57(66)56(55-71-63-62(70)61(69)60(68)58(54-65)72-63)64-59(67)53-51-49-47-45-43-41-39-37-35-33-30-26-24-22-20-18-16-14-12-10-8-6-4-2/h34,36,42,44,50,52,56-58,60-63,65-66,68-70H,3-33,35,37-41,43,45-49,51,53-55H2,1-2H3,(H,64,67)/b36-34+,44-42+,52-50+. The Labute approximate surface area is 444 Å². The molecule has 0 aromatic carbocycles.